The number of ether oxygens (including phenoxy) is 1. The van der Waals surface area contributed by atoms with Gasteiger partial charge in [0.1, 0.15) is 12.1 Å². The molecule has 1 aliphatic rings. The lowest BCUT2D eigenvalue weighted by Gasteiger charge is -2.33. The predicted molar refractivity (Wildman–Crippen MR) is 105 cm³/mol. The molecular formula is C19H21BrN4O3. The largest absolute Gasteiger partial charge is 0.446 e. The summed E-state index contributed by atoms with van der Waals surface area (Å²) < 4.78 is 6.38. The van der Waals surface area contributed by atoms with Gasteiger partial charge in [-0.1, -0.05) is 28.1 Å². The first-order valence-corrected chi connectivity index (χ1v) is 9.50. The van der Waals surface area contributed by atoms with Gasteiger partial charge in [0.2, 0.25) is 5.91 Å². The number of amides is 2. The maximum Gasteiger partial charge on any atom is 0.411 e. The summed E-state index contributed by atoms with van der Waals surface area (Å²) in [6.07, 6.45) is 3.63. The number of nitrogens with one attached hydrogen (secondary N) is 1. The second kappa shape index (κ2) is 8.96. The van der Waals surface area contributed by atoms with E-state index in [9.17, 15) is 9.59 Å². The number of hydrogen-bond donors (Lipinski definition) is 2. The van der Waals surface area contributed by atoms with Crippen molar-refractivity contribution in [3.8, 4) is 0 Å². The first-order valence-electron chi connectivity index (χ1n) is 8.70. The van der Waals surface area contributed by atoms with Crippen molar-refractivity contribution in [3.63, 3.8) is 0 Å². The van der Waals surface area contributed by atoms with Crippen LogP contribution in [0.5, 0.6) is 0 Å². The van der Waals surface area contributed by atoms with E-state index in [1.165, 1.54) is 0 Å². The molecule has 27 heavy (non-hydrogen) atoms. The van der Waals surface area contributed by atoms with E-state index in [0.29, 0.717) is 31.6 Å². The zero-order valence-corrected chi connectivity index (χ0v) is 16.3. The fourth-order valence-corrected chi connectivity index (χ4v) is 3.20. The highest BCUT2D eigenvalue weighted by molar-refractivity contribution is 9.10. The Morgan fingerprint density at radius 1 is 1.15 bits per heavy atom. The number of aromatic nitrogens is 1. The Balaban J connectivity index is 1.47. The molecule has 0 spiro atoms. The maximum absolute atomic E-state index is 12.6. The number of hydrogen-bond acceptors (Lipinski definition) is 5. The van der Waals surface area contributed by atoms with Gasteiger partial charge in [0, 0.05) is 48.5 Å². The van der Waals surface area contributed by atoms with Crippen molar-refractivity contribution in [1.29, 1.82) is 0 Å². The van der Waals surface area contributed by atoms with Gasteiger partial charge in [-0.05, 0) is 29.8 Å². The van der Waals surface area contributed by atoms with Gasteiger partial charge in [0.15, 0.2) is 0 Å². The lowest BCUT2D eigenvalue weighted by molar-refractivity contribution is -0.134. The highest BCUT2D eigenvalue weighted by Gasteiger charge is 2.28. The molecule has 2 aromatic rings. The zero-order valence-electron chi connectivity index (χ0n) is 14.7. The number of halogens is 1. The minimum Gasteiger partial charge on any atom is -0.446 e. The molecule has 3 N–H and O–H groups in total. The fourth-order valence-electron chi connectivity index (χ4n) is 2.94. The van der Waals surface area contributed by atoms with Crippen LogP contribution in [0, 0.1) is 0 Å². The summed E-state index contributed by atoms with van der Waals surface area (Å²) in [6.45, 7) is 1.02. The summed E-state index contributed by atoms with van der Waals surface area (Å²) in [7, 11) is 0. The van der Waals surface area contributed by atoms with Crippen LogP contribution in [-0.4, -0.2) is 41.1 Å². The molecule has 7 nitrogen and oxygen atoms in total. The minimum atomic E-state index is -0.689. The molecule has 142 valence electrons. The lowest BCUT2D eigenvalue weighted by Crippen LogP contribution is -2.45. The molecule has 2 amide bonds. The molecule has 0 bridgehead atoms. The summed E-state index contributed by atoms with van der Waals surface area (Å²) in [4.78, 5) is 30.2. The van der Waals surface area contributed by atoms with Crippen LogP contribution in [0.2, 0.25) is 0 Å². The highest BCUT2D eigenvalue weighted by Crippen LogP contribution is 2.21. The van der Waals surface area contributed by atoms with Gasteiger partial charge in [-0.25, -0.2) is 4.79 Å². The smallest absolute Gasteiger partial charge is 0.411 e. The quantitative estimate of drug-likeness (QED) is 0.773. The number of carbonyl (C=O) groups is 2. The van der Waals surface area contributed by atoms with E-state index in [0.717, 1.165) is 10.0 Å². The lowest BCUT2D eigenvalue weighted by atomic mass is 10.0. The molecule has 1 aromatic heterocycles. The number of anilines is 1. The van der Waals surface area contributed by atoms with Gasteiger partial charge < -0.3 is 15.4 Å². The van der Waals surface area contributed by atoms with Gasteiger partial charge in [-0.2, -0.15) is 0 Å². The van der Waals surface area contributed by atoms with Crippen LogP contribution in [0.25, 0.3) is 0 Å². The Morgan fingerprint density at radius 2 is 1.78 bits per heavy atom. The molecule has 3 rings (SSSR count). The van der Waals surface area contributed by atoms with Crippen LogP contribution in [-0.2, 0) is 9.53 Å². The maximum atomic E-state index is 12.6. The first-order chi connectivity index (χ1) is 13.0. The molecule has 0 radical (unpaired) electrons. The highest BCUT2D eigenvalue weighted by atomic mass is 79.9. The van der Waals surface area contributed by atoms with Crippen LogP contribution in [0.4, 0.5) is 10.5 Å². The number of likely N-dealkylation sites (tertiary alicyclic amines) is 1. The fraction of sp³-hybridized carbons (Fsp3) is 0.316. The molecule has 0 saturated carbocycles. The summed E-state index contributed by atoms with van der Waals surface area (Å²) in [5.41, 5.74) is 7.52. The van der Waals surface area contributed by atoms with Gasteiger partial charge >= 0.3 is 6.09 Å². The zero-order chi connectivity index (χ0) is 19.2. The molecule has 1 aromatic carbocycles. The van der Waals surface area contributed by atoms with Crippen molar-refractivity contribution < 1.29 is 14.3 Å². The molecule has 1 atom stereocenters. The van der Waals surface area contributed by atoms with Crippen LogP contribution < -0.4 is 11.1 Å². The Labute approximate surface area is 166 Å². The van der Waals surface area contributed by atoms with Gasteiger partial charge in [0.05, 0.1) is 0 Å². The van der Waals surface area contributed by atoms with Gasteiger partial charge in [-0.3, -0.25) is 15.1 Å². The molecule has 2 heterocycles. The Hall–Kier alpha value is -2.45. The number of nitrogens with two attached hydrogens (primary N) is 1. The molecule has 1 unspecified atom stereocenters. The SMILES string of the molecule is NC(C(=O)N1CCC(OC(=O)Nc2ccncc2)CC1)c1ccc(Br)cc1. The molecule has 1 aliphatic heterocycles. The van der Waals surface area contributed by atoms with E-state index in [-0.39, 0.29) is 12.0 Å². The number of piperidine rings is 1. The molecule has 1 saturated heterocycles. The average Bonchev–Trinajstić information content (AvgIpc) is 2.69. The number of carbonyl (C=O) groups excluding carboxylic acids is 2. The second-order valence-electron chi connectivity index (χ2n) is 6.32. The summed E-state index contributed by atoms with van der Waals surface area (Å²) in [5.74, 6) is -0.114. The van der Waals surface area contributed by atoms with Crippen molar-refractivity contribution >= 4 is 33.6 Å². The van der Waals surface area contributed by atoms with Crippen molar-refractivity contribution in [2.45, 2.75) is 25.0 Å². The number of pyridine rings is 1. The normalized spacial score (nSPS) is 15.9. The van der Waals surface area contributed by atoms with Crippen LogP contribution in [0.3, 0.4) is 0 Å². The van der Waals surface area contributed by atoms with Crippen LogP contribution in [0.15, 0.2) is 53.3 Å². The van der Waals surface area contributed by atoms with Gasteiger partial charge in [-0.15, -0.1) is 0 Å². The van der Waals surface area contributed by atoms with E-state index < -0.39 is 12.1 Å². The Bertz CT molecular complexity index is 777. The first kappa shape index (κ1) is 19.3. The third kappa shape index (κ3) is 5.27. The summed E-state index contributed by atoms with van der Waals surface area (Å²) in [6, 6.07) is 10.1. The Kier molecular flexibility index (Phi) is 6.41. The van der Waals surface area contributed by atoms with E-state index in [1.807, 2.05) is 24.3 Å². The molecule has 0 aliphatic carbocycles. The number of benzene rings is 1. The number of rotatable bonds is 4. The van der Waals surface area contributed by atoms with E-state index >= 15 is 0 Å². The topological polar surface area (TPSA) is 97.5 Å². The van der Waals surface area contributed by atoms with Crippen molar-refractivity contribution in [2.24, 2.45) is 5.73 Å². The molecule has 1 fully saturated rings. The van der Waals surface area contributed by atoms with Crippen LogP contribution in [0.1, 0.15) is 24.4 Å². The monoisotopic (exact) mass is 432 g/mol. The molecule has 8 heteroatoms. The summed E-state index contributed by atoms with van der Waals surface area (Å²) >= 11 is 3.37. The Morgan fingerprint density at radius 3 is 2.41 bits per heavy atom. The minimum absolute atomic E-state index is 0.114. The van der Waals surface area contributed by atoms with Crippen molar-refractivity contribution in [1.82, 2.24) is 9.88 Å². The van der Waals surface area contributed by atoms with E-state index in [1.54, 1.807) is 29.4 Å². The number of nitrogens with zero attached hydrogens (tertiary/aromatic N) is 2. The third-order valence-electron chi connectivity index (χ3n) is 4.45. The van der Waals surface area contributed by atoms with Crippen molar-refractivity contribution in [2.75, 3.05) is 18.4 Å². The third-order valence-corrected chi connectivity index (χ3v) is 4.98. The second-order valence-corrected chi connectivity index (χ2v) is 7.24. The average molecular weight is 433 g/mol. The molecular weight excluding hydrogens is 412 g/mol. The standard InChI is InChI=1S/C19H21BrN4O3/c20-14-3-1-13(2-4-14)17(21)18(25)24-11-7-16(8-12-24)27-19(26)23-15-5-9-22-10-6-15/h1-6,9-10,16-17H,7-8,11-12,21H2,(H,22,23,26). The summed E-state index contributed by atoms with van der Waals surface area (Å²) in [5, 5.41) is 2.66. The van der Waals surface area contributed by atoms with E-state index in [2.05, 4.69) is 26.2 Å². The van der Waals surface area contributed by atoms with Crippen LogP contribution >= 0.6 is 15.9 Å². The van der Waals surface area contributed by atoms with E-state index in [4.69, 9.17) is 10.5 Å². The van der Waals surface area contributed by atoms with Crippen molar-refractivity contribution in [3.05, 3.63) is 58.8 Å². The van der Waals surface area contributed by atoms with Gasteiger partial charge in [0.25, 0.3) is 0 Å². The predicted octanol–water partition coefficient (Wildman–Crippen LogP) is 3.08.